The first-order chi connectivity index (χ1) is 14.0. The third-order valence-electron chi connectivity index (χ3n) is 4.43. The summed E-state index contributed by atoms with van der Waals surface area (Å²) < 4.78 is 12.1. The topological polar surface area (TPSA) is 82.5 Å². The molecule has 0 saturated carbocycles. The molecule has 0 spiro atoms. The van der Waals surface area contributed by atoms with Crippen LogP contribution in [0.2, 0.25) is 0 Å². The van der Waals surface area contributed by atoms with E-state index < -0.39 is 18.0 Å². The summed E-state index contributed by atoms with van der Waals surface area (Å²) in [6.07, 6.45) is 0.606. The molecule has 1 N–H and O–H groups in total. The summed E-state index contributed by atoms with van der Waals surface area (Å²) in [6, 6.07) is 18.6. The van der Waals surface area contributed by atoms with E-state index in [-0.39, 0.29) is 17.5 Å². The van der Waals surface area contributed by atoms with Gasteiger partial charge < -0.3 is 14.8 Å². The molecule has 1 amide bonds. The molecule has 7 nitrogen and oxygen atoms in total. The smallest absolute Gasteiger partial charge is 0.363 e. The second-order valence-corrected chi connectivity index (χ2v) is 6.51. The number of hydrogen-bond donors (Lipinski definition) is 1. The van der Waals surface area contributed by atoms with Crippen molar-refractivity contribution in [1.82, 2.24) is 15.1 Å². The van der Waals surface area contributed by atoms with Crippen LogP contribution in [0.15, 0.2) is 66.9 Å². The summed E-state index contributed by atoms with van der Waals surface area (Å²) in [6.45, 7) is 3.39. The van der Waals surface area contributed by atoms with Crippen LogP contribution in [-0.4, -0.2) is 34.9 Å². The molecule has 3 rings (SSSR count). The summed E-state index contributed by atoms with van der Waals surface area (Å²) in [5, 5.41) is 7.10. The van der Waals surface area contributed by atoms with Gasteiger partial charge in [-0.1, -0.05) is 48.5 Å². The fourth-order valence-corrected chi connectivity index (χ4v) is 2.79. The first kappa shape index (κ1) is 20.1. The zero-order valence-corrected chi connectivity index (χ0v) is 16.5. The fraction of sp³-hybridized carbons (Fsp3) is 0.227. The van der Waals surface area contributed by atoms with Crippen molar-refractivity contribution < 1.29 is 19.1 Å². The van der Waals surface area contributed by atoms with E-state index in [0.29, 0.717) is 0 Å². The van der Waals surface area contributed by atoms with Gasteiger partial charge >= 0.3 is 5.97 Å². The Kier molecular flexibility index (Phi) is 6.29. The number of aromatic nitrogens is 2. The van der Waals surface area contributed by atoms with Gasteiger partial charge in [-0.15, -0.1) is 0 Å². The molecule has 0 aliphatic carbocycles. The second kappa shape index (κ2) is 9.05. The molecule has 1 aromatic heterocycles. The lowest BCUT2D eigenvalue weighted by molar-refractivity contribution is -0.129. The number of ether oxygens (including phenoxy) is 2. The van der Waals surface area contributed by atoms with Gasteiger partial charge in [0.25, 0.3) is 5.91 Å². The SMILES string of the molecule is COc1cn(-c2ccccc2)nc1C(=O)O[C@H](C)C(=O)N[C@H](C)c1ccccc1. The molecule has 0 radical (unpaired) electrons. The highest BCUT2D eigenvalue weighted by atomic mass is 16.6. The Hall–Kier alpha value is -3.61. The van der Waals surface area contributed by atoms with E-state index in [2.05, 4.69) is 10.4 Å². The minimum Gasteiger partial charge on any atom is -0.493 e. The number of rotatable bonds is 7. The molecule has 0 aliphatic rings. The van der Waals surface area contributed by atoms with Crippen LogP contribution in [0.25, 0.3) is 5.69 Å². The zero-order chi connectivity index (χ0) is 20.8. The van der Waals surface area contributed by atoms with Crippen LogP contribution >= 0.6 is 0 Å². The number of amides is 1. The number of nitrogens with one attached hydrogen (secondary N) is 1. The van der Waals surface area contributed by atoms with Crippen molar-refractivity contribution in [1.29, 1.82) is 0 Å². The Morgan fingerprint density at radius 1 is 1.00 bits per heavy atom. The number of carbonyl (C=O) groups excluding carboxylic acids is 2. The third-order valence-corrected chi connectivity index (χ3v) is 4.43. The van der Waals surface area contributed by atoms with Crippen LogP contribution in [0, 0.1) is 0 Å². The van der Waals surface area contributed by atoms with E-state index in [1.807, 2.05) is 67.6 Å². The molecule has 7 heteroatoms. The van der Waals surface area contributed by atoms with Crippen molar-refractivity contribution in [3.8, 4) is 11.4 Å². The summed E-state index contributed by atoms with van der Waals surface area (Å²) >= 11 is 0. The number of esters is 1. The van der Waals surface area contributed by atoms with Crippen LogP contribution in [-0.2, 0) is 9.53 Å². The molecule has 1 heterocycles. The Labute approximate surface area is 169 Å². The van der Waals surface area contributed by atoms with Crippen molar-refractivity contribution >= 4 is 11.9 Å². The molecule has 150 valence electrons. The van der Waals surface area contributed by atoms with E-state index in [4.69, 9.17) is 9.47 Å². The van der Waals surface area contributed by atoms with Crippen molar-refractivity contribution in [3.05, 3.63) is 78.1 Å². The maximum Gasteiger partial charge on any atom is 0.363 e. The number of hydrogen-bond acceptors (Lipinski definition) is 5. The van der Waals surface area contributed by atoms with Gasteiger partial charge in [0.2, 0.25) is 5.69 Å². The minimum atomic E-state index is -0.986. The lowest BCUT2D eigenvalue weighted by Crippen LogP contribution is -2.37. The number of nitrogens with zero attached hydrogens (tertiary/aromatic N) is 2. The molecule has 2 aromatic carbocycles. The Morgan fingerprint density at radius 2 is 1.62 bits per heavy atom. The largest absolute Gasteiger partial charge is 0.493 e. The van der Waals surface area contributed by atoms with E-state index >= 15 is 0 Å². The normalized spacial score (nSPS) is 12.7. The number of methoxy groups -OCH3 is 1. The first-order valence-electron chi connectivity index (χ1n) is 9.25. The predicted molar refractivity (Wildman–Crippen MR) is 108 cm³/mol. The van der Waals surface area contributed by atoms with Gasteiger partial charge in [0.1, 0.15) is 0 Å². The van der Waals surface area contributed by atoms with Crippen molar-refractivity contribution in [2.75, 3.05) is 7.11 Å². The second-order valence-electron chi connectivity index (χ2n) is 6.51. The number of para-hydroxylation sites is 1. The average molecular weight is 393 g/mol. The highest BCUT2D eigenvalue weighted by molar-refractivity contribution is 5.93. The average Bonchev–Trinajstić information content (AvgIpc) is 3.19. The van der Waals surface area contributed by atoms with Gasteiger partial charge in [-0.3, -0.25) is 4.79 Å². The van der Waals surface area contributed by atoms with E-state index in [0.717, 1.165) is 11.3 Å². The van der Waals surface area contributed by atoms with Crippen LogP contribution in [0.1, 0.15) is 35.9 Å². The van der Waals surface area contributed by atoms with Crippen molar-refractivity contribution in [3.63, 3.8) is 0 Å². The van der Waals surface area contributed by atoms with Gasteiger partial charge in [0.05, 0.1) is 25.0 Å². The molecule has 0 bridgehead atoms. The Bertz CT molecular complexity index is 970. The summed E-state index contributed by atoms with van der Waals surface area (Å²) in [5.74, 6) is -0.855. The van der Waals surface area contributed by atoms with Crippen LogP contribution in [0.4, 0.5) is 0 Å². The molecule has 0 unspecified atom stereocenters. The van der Waals surface area contributed by atoms with Gasteiger partial charge in [0.15, 0.2) is 11.9 Å². The first-order valence-corrected chi connectivity index (χ1v) is 9.25. The Balaban J connectivity index is 1.67. The zero-order valence-electron chi connectivity index (χ0n) is 16.5. The lowest BCUT2D eigenvalue weighted by atomic mass is 10.1. The van der Waals surface area contributed by atoms with Gasteiger partial charge in [-0.2, -0.15) is 5.10 Å². The summed E-state index contributed by atoms with van der Waals surface area (Å²) in [4.78, 5) is 25.0. The Morgan fingerprint density at radius 3 is 2.24 bits per heavy atom. The van der Waals surface area contributed by atoms with Crippen molar-refractivity contribution in [2.45, 2.75) is 26.0 Å². The van der Waals surface area contributed by atoms with E-state index in [1.165, 1.54) is 18.7 Å². The molecular weight excluding hydrogens is 370 g/mol. The standard InChI is InChI=1S/C22H23N3O4/c1-15(17-10-6-4-7-11-17)23-21(26)16(2)29-22(27)20-19(28-3)14-25(24-20)18-12-8-5-9-13-18/h4-16H,1-3H3,(H,23,26)/t15-,16-/m1/s1. The molecule has 3 aromatic rings. The van der Waals surface area contributed by atoms with E-state index in [9.17, 15) is 9.59 Å². The van der Waals surface area contributed by atoms with Crippen molar-refractivity contribution in [2.24, 2.45) is 0 Å². The predicted octanol–water partition coefficient (Wildman–Crippen LogP) is 3.30. The van der Waals surface area contributed by atoms with Crippen LogP contribution in [0.3, 0.4) is 0 Å². The fourth-order valence-electron chi connectivity index (χ4n) is 2.79. The van der Waals surface area contributed by atoms with Crippen LogP contribution < -0.4 is 10.1 Å². The van der Waals surface area contributed by atoms with Crippen LogP contribution in [0.5, 0.6) is 5.75 Å². The number of carbonyl (C=O) groups is 2. The molecule has 0 fully saturated rings. The third kappa shape index (κ3) is 4.82. The maximum absolute atomic E-state index is 12.6. The van der Waals surface area contributed by atoms with Gasteiger partial charge in [-0.25, -0.2) is 9.48 Å². The summed E-state index contributed by atoms with van der Waals surface area (Å²) in [7, 11) is 1.45. The highest BCUT2D eigenvalue weighted by Crippen LogP contribution is 2.21. The number of benzene rings is 2. The van der Waals surface area contributed by atoms with Gasteiger partial charge in [-0.05, 0) is 31.5 Å². The van der Waals surface area contributed by atoms with Gasteiger partial charge in [0, 0.05) is 0 Å². The monoisotopic (exact) mass is 393 g/mol. The van der Waals surface area contributed by atoms with E-state index in [1.54, 1.807) is 6.20 Å². The molecule has 2 atom stereocenters. The maximum atomic E-state index is 12.6. The minimum absolute atomic E-state index is 0.00658. The lowest BCUT2D eigenvalue weighted by Gasteiger charge is -2.18. The molecule has 0 aliphatic heterocycles. The summed E-state index contributed by atoms with van der Waals surface area (Å²) in [5.41, 5.74) is 1.74. The quantitative estimate of drug-likeness (QED) is 0.623. The molecule has 0 saturated heterocycles. The molecule has 29 heavy (non-hydrogen) atoms. The molecular formula is C22H23N3O4. The highest BCUT2D eigenvalue weighted by Gasteiger charge is 2.25.